The Kier molecular flexibility index (Phi) is 7.96. The Hall–Kier alpha value is -3.87. The number of aromatic nitrogens is 2. The fraction of sp³-hybridized carbons (Fsp3) is 0.368. The van der Waals surface area contributed by atoms with Crippen LogP contribution in [0, 0.1) is 11.3 Å². The number of hydrogen-bond donors (Lipinski definition) is 5. The van der Waals surface area contributed by atoms with Gasteiger partial charge in [0.05, 0.1) is 17.7 Å². The number of carbonyl (C=O) groups excluding carboxylic acids is 2. The highest BCUT2D eigenvalue weighted by molar-refractivity contribution is 7.80. The molecule has 200 valence electrons. The van der Waals surface area contributed by atoms with Crippen LogP contribution in [-0.2, 0) is 29.1 Å². The molecule has 1 fully saturated rings. The average molecular weight is 558 g/mol. The first-order valence-electron chi connectivity index (χ1n) is 10.3. The summed E-state index contributed by atoms with van der Waals surface area (Å²) in [6.45, 7) is 2.70. The van der Waals surface area contributed by atoms with E-state index in [1.807, 2.05) is 0 Å². The molecule has 37 heavy (non-hydrogen) atoms. The standard InChI is InChI=1S/C19H23N7O9S2/c1-19(2)10(17(29)26(19)35-37(30,31)32)6-13(28)14(11-8-36-18(22)24-11)25-34-4-3-33-9-5-12(27)15(16(20)21)23-7-9/h5,7-8,10,27H,3-4,6H2,1-2H3,(H3,20,21)(H2,22,24)(H,30,31,32)/b25-14-/t10-/m1/s1. The summed E-state index contributed by atoms with van der Waals surface area (Å²) in [6.07, 6.45) is 0.861. The molecule has 18 heteroatoms. The van der Waals surface area contributed by atoms with Crippen LogP contribution in [0.5, 0.6) is 11.5 Å². The number of Topliss-reactive ketones (excluding diaryl/α,β-unsaturated/α-hetero) is 1. The van der Waals surface area contributed by atoms with E-state index in [2.05, 4.69) is 19.4 Å². The van der Waals surface area contributed by atoms with Gasteiger partial charge in [-0.1, -0.05) is 5.16 Å². The highest BCUT2D eigenvalue weighted by Gasteiger charge is 2.57. The minimum absolute atomic E-state index is 0.0687. The molecule has 1 atom stereocenters. The van der Waals surface area contributed by atoms with E-state index in [1.54, 1.807) is 0 Å². The molecule has 1 saturated heterocycles. The molecule has 3 rings (SSSR count). The van der Waals surface area contributed by atoms with Crippen LogP contribution in [0.15, 0.2) is 22.8 Å². The number of aromatic hydroxyl groups is 1. The van der Waals surface area contributed by atoms with Crippen molar-refractivity contribution in [2.24, 2.45) is 16.8 Å². The number of β-lactam (4-membered cyclic amide) rings is 1. The second-order valence-corrected chi connectivity index (χ2v) is 10.0. The number of nitrogen functional groups attached to an aromatic ring is 2. The van der Waals surface area contributed by atoms with Gasteiger partial charge in [-0.2, -0.15) is 13.5 Å². The number of nitrogens with one attached hydrogen (secondary N) is 1. The molecule has 1 amide bonds. The van der Waals surface area contributed by atoms with Gasteiger partial charge >= 0.3 is 10.4 Å². The van der Waals surface area contributed by atoms with Crippen LogP contribution in [0.2, 0.25) is 0 Å². The first-order valence-corrected chi connectivity index (χ1v) is 12.6. The van der Waals surface area contributed by atoms with Gasteiger partial charge < -0.3 is 26.1 Å². The molecule has 7 N–H and O–H groups in total. The maximum Gasteiger partial charge on any atom is 0.418 e. The lowest BCUT2D eigenvalue weighted by molar-refractivity contribution is -0.228. The molecular formula is C19H23N7O9S2. The van der Waals surface area contributed by atoms with Gasteiger partial charge in [-0.15, -0.1) is 15.6 Å². The summed E-state index contributed by atoms with van der Waals surface area (Å²) >= 11 is 1.05. The molecule has 2 aromatic rings. The zero-order chi connectivity index (χ0) is 27.5. The number of oxime groups is 1. The fourth-order valence-electron chi connectivity index (χ4n) is 3.31. The van der Waals surface area contributed by atoms with E-state index in [0.717, 1.165) is 11.3 Å². The molecular weight excluding hydrogens is 534 g/mol. The summed E-state index contributed by atoms with van der Waals surface area (Å²) in [6, 6.07) is 1.21. The number of hydroxylamine groups is 2. The number of thiazole rings is 1. The number of amidine groups is 1. The summed E-state index contributed by atoms with van der Waals surface area (Å²) in [5.74, 6) is -3.03. The second-order valence-electron chi connectivity index (χ2n) is 8.11. The maximum atomic E-state index is 13.0. The molecule has 1 aliphatic rings. The zero-order valence-electron chi connectivity index (χ0n) is 19.4. The third kappa shape index (κ3) is 6.47. The number of ketones is 1. The molecule has 0 radical (unpaired) electrons. The van der Waals surface area contributed by atoms with Gasteiger partial charge in [0.2, 0.25) is 0 Å². The van der Waals surface area contributed by atoms with Crippen LogP contribution in [-0.4, -0.2) is 75.1 Å². The normalized spacial score (nSPS) is 17.3. The lowest BCUT2D eigenvalue weighted by Crippen LogP contribution is -2.68. The monoisotopic (exact) mass is 557 g/mol. The van der Waals surface area contributed by atoms with Crippen molar-refractivity contribution >= 4 is 50.1 Å². The Morgan fingerprint density at radius 3 is 2.62 bits per heavy atom. The van der Waals surface area contributed by atoms with Crippen LogP contribution in [0.4, 0.5) is 5.13 Å². The van der Waals surface area contributed by atoms with Gasteiger partial charge in [-0.05, 0) is 13.8 Å². The Balaban J connectivity index is 1.65. The third-order valence-corrected chi connectivity index (χ3v) is 6.17. The predicted octanol–water partition coefficient (Wildman–Crippen LogP) is -0.160. The molecule has 1 aliphatic heterocycles. The van der Waals surface area contributed by atoms with Gasteiger partial charge in [0.15, 0.2) is 23.2 Å². The summed E-state index contributed by atoms with van der Waals surface area (Å²) in [5.41, 5.74) is 9.49. The van der Waals surface area contributed by atoms with Gasteiger partial charge in [-0.25, -0.2) is 9.97 Å². The maximum absolute atomic E-state index is 13.0. The lowest BCUT2D eigenvalue weighted by Gasteiger charge is -2.50. The van der Waals surface area contributed by atoms with E-state index >= 15 is 0 Å². The van der Waals surface area contributed by atoms with Crippen molar-refractivity contribution in [1.29, 1.82) is 5.41 Å². The van der Waals surface area contributed by atoms with Gasteiger partial charge in [0.1, 0.15) is 35.3 Å². The van der Waals surface area contributed by atoms with E-state index in [0.29, 0.717) is 5.06 Å². The quantitative estimate of drug-likeness (QED) is 0.0568. The number of rotatable bonds is 12. The van der Waals surface area contributed by atoms with Crippen molar-refractivity contribution in [3.63, 3.8) is 0 Å². The van der Waals surface area contributed by atoms with Crippen molar-refractivity contribution < 1.29 is 41.5 Å². The van der Waals surface area contributed by atoms with Crippen LogP contribution in [0.1, 0.15) is 31.7 Å². The number of pyridine rings is 1. The lowest BCUT2D eigenvalue weighted by atomic mass is 9.74. The molecule has 16 nitrogen and oxygen atoms in total. The Labute approximate surface area is 214 Å². The Morgan fingerprint density at radius 1 is 1.38 bits per heavy atom. The summed E-state index contributed by atoms with van der Waals surface area (Å²) < 4.78 is 40.5. The van der Waals surface area contributed by atoms with Crippen molar-refractivity contribution in [2.75, 3.05) is 18.9 Å². The van der Waals surface area contributed by atoms with Crippen LogP contribution < -0.4 is 16.2 Å². The van der Waals surface area contributed by atoms with Crippen LogP contribution >= 0.6 is 11.3 Å². The molecule has 0 unspecified atom stereocenters. The fourth-order valence-corrected chi connectivity index (χ4v) is 4.32. The number of ether oxygens (including phenoxy) is 1. The molecule has 2 aromatic heterocycles. The second kappa shape index (κ2) is 10.6. The summed E-state index contributed by atoms with van der Waals surface area (Å²) in [4.78, 5) is 38.4. The first kappa shape index (κ1) is 27.7. The van der Waals surface area contributed by atoms with Crippen molar-refractivity contribution in [3.8, 4) is 11.5 Å². The van der Waals surface area contributed by atoms with Crippen LogP contribution in [0.3, 0.4) is 0 Å². The number of amides is 1. The molecule has 0 aliphatic carbocycles. The van der Waals surface area contributed by atoms with Crippen molar-refractivity contribution in [3.05, 3.63) is 29.0 Å². The number of carbonyl (C=O) groups is 2. The van der Waals surface area contributed by atoms with Crippen molar-refractivity contribution in [1.82, 2.24) is 15.0 Å². The zero-order valence-corrected chi connectivity index (χ0v) is 21.1. The number of nitrogens with two attached hydrogens (primary N) is 2. The summed E-state index contributed by atoms with van der Waals surface area (Å²) in [7, 11) is -4.93. The van der Waals surface area contributed by atoms with Gasteiger partial charge in [0, 0.05) is 17.9 Å². The van der Waals surface area contributed by atoms with E-state index in [4.69, 9.17) is 31.0 Å². The molecule has 0 aromatic carbocycles. The minimum atomic E-state index is -4.93. The van der Waals surface area contributed by atoms with E-state index in [1.165, 1.54) is 31.5 Å². The molecule has 0 spiro atoms. The minimum Gasteiger partial charge on any atom is -0.505 e. The van der Waals surface area contributed by atoms with Gasteiger partial charge in [-0.3, -0.25) is 19.6 Å². The number of nitrogens with zero attached hydrogens (tertiary/aromatic N) is 4. The highest BCUT2D eigenvalue weighted by atomic mass is 32.3. The topological polar surface area (TPSA) is 254 Å². The predicted molar refractivity (Wildman–Crippen MR) is 128 cm³/mol. The van der Waals surface area contributed by atoms with Crippen LogP contribution in [0.25, 0.3) is 0 Å². The number of anilines is 1. The molecule has 0 saturated carbocycles. The largest absolute Gasteiger partial charge is 0.505 e. The Morgan fingerprint density at radius 2 is 2.08 bits per heavy atom. The first-order chi connectivity index (χ1) is 17.2. The van der Waals surface area contributed by atoms with E-state index in [9.17, 15) is 23.1 Å². The number of hydrogen-bond acceptors (Lipinski definition) is 14. The van der Waals surface area contributed by atoms with E-state index < -0.39 is 39.4 Å². The SMILES string of the molecule is CC1(C)[C@H](CC(=O)/C(=N\OCCOc2cnc(C(=N)N)c(O)c2)c2csc(N)n2)C(=O)N1OS(=O)(=O)O. The molecule has 3 heterocycles. The average Bonchev–Trinajstić information content (AvgIpc) is 3.22. The smallest absolute Gasteiger partial charge is 0.418 e. The van der Waals surface area contributed by atoms with E-state index in [-0.39, 0.29) is 53.4 Å². The highest BCUT2D eigenvalue weighted by Crippen LogP contribution is 2.40. The Bertz CT molecular complexity index is 1360. The summed E-state index contributed by atoms with van der Waals surface area (Å²) in [5, 5.41) is 23.0. The van der Waals surface area contributed by atoms with Crippen molar-refractivity contribution in [2.45, 2.75) is 25.8 Å². The molecule has 0 bridgehead atoms. The third-order valence-electron chi connectivity index (χ3n) is 5.16. The van der Waals surface area contributed by atoms with Gasteiger partial charge in [0.25, 0.3) is 5.91 Å².